The summed E-state index contributed by atoms with van der Waals surface area (Å²) in [5.41, 5.74) is 6.81. The maximum Gasteiger partial charge on any atom is 0.216 e. The van der Waals surface area contributed by atoms with Crippen LogP contribution in [-0.2, 0) is 14.2 Å². The molecule has 234 valence electrons. The molecule has 0 aliphatic carbocycles. The topological polar surface area (TPSA) is 262 Å². The van der Waals surface area contributed by atoms with Crippen LogP contribution in [0.1, 0.15) is 25.3 Å². The number of hydrogen-bond acceptors (Lipinski definition) is 18. The Morgan fingerprint density at radius 1 is 1.00 bits per heavy atom. The smallest absolute Gasteiger partial charge is 0.216 e. The van der Waals surface area contributed by atoms with E-state index in [0.717, 1.165) is 22.7 Å². The number of ether oxygens (including phenoxy) is 3. The van der Waals surface area contributed by atoms with Crippen LogP contribution in [0.25, 0.3) is 5.70 Å². The van der Waals surface area contributed by atoms with Crippen LogP contribution in [0.5, 0.6) is 0 Å². The number of nitrogens with one attached hydrogen (secondary N) is 2. The molecule has 10 atom stereocenters. The number of anilines is 1. The van der Waals surface area contributed by atoms with Gasteiger partial charge < -0.3 is 66.3 Å². The van der Waals surface area contributed by atoms with Crippen molar-refractivity contribution in [3.63, 3.8) is 0 Å². The number of rotatable bonds is 11. The van der Waals surface area contributed by atoms with Gasteiger partial charge in [-0.05, 0) is 6.92 Å². The van der Waals surface area contributed by atoms with Crippen molar-refractivity contribution >= 4 is 39.3 Å². The quantitative estimate of drug-likeness (QED) is 0.109. The summed E-state index contributed by atoms with van der Waals surface area (Å²) in [6, 6.07) is 0. The Morgan fingerprint density at radius 2 is 1.64 bits per heavy atom. The second-order valence-corrected chi connectivity index (χ2v) is 11.8. The molecular formula is C24H35N5O11S2. The van der Waals surface area contributed by atoms with Crippen molar-refractivity contribution < 1.29 is 54.8 Å². The van der Waals surface area contributed by atoms with E-state index in [-0.39, 0.29) is 24.6 Å². The highest BCUT2D eigenvalue weighted by Gasteiger charge is 2.44. The first-order valence-electron chi connectivity index (χ1n) is 12.9. The number of aliphatic hydroxyl groups is 7. The second-order valence-electron chi connectivity index (χ2n) is 9.80. The van der Waals surface area contributed by atoms with Crippen LogP contribution in [0, 0.1) is 6.92 Å². The molecule has 18 heteroatoms. The highest BCUT2D eigenvalue weighted by atomic mass is 32.1. The Labute approximate surface area is 248 Å². The number of hydrogen-bond donors (Lipinski definition) is 10. The number of nitrogens with zero attached hydrogens (tertiary/aromatic N) is 2. The van der Waals surface area contributed by atoms with Gasteiger partial charge in [-0.3, -0.25) is 4.79 Å². The van der Waals surface area contributed by atoms with Crippen LogP contribution in [-0.4, -0.2) is 140 Å². The summed E-state index contributed by atoms with van der Waals surface area (Å²) in [6.07, 6.45) is -9.73. The molecule has 2 aromatic rings. The normalized spacial score (nSPS) is 33.9. The average Bonchev–Trinajstić information content (AvgIpc) is 3.62. The van der Waals surface area contributed by atoms with Gasteiger partial charge in [-0.25, -0.2) is 9.97 Å². The van der Waals surface area contributed by atoms with E-state index in [2.05, 4.69) is 20.6 Å². The zero-order chi connectivity index (χ0) is 30.7. The largest absolute Gasteiger partial charge is 0.395 e. The third kappa shape index (κ3) is 6.90. The van der Waals surface area contributed by atoms with E-state index >= 15 is 0 Å². The molecule has 0 radical (unpaired) electrons. The molecule has 0 amide bonds. The molecule has 0 bridgehead atoms. The SMILES string of the molecule is CO[C@H]1OC(CN/C=C(\N)c2nc(C)c(C(=O)c3cnc(NC[C@H]4OC(CO)[C@@H](O)C(O)C4O)s3)s2)[C@@H](O)C(O)C1O. The first-order valence-corrected chi connectivity index (χ1v) is 14.5. The first-order chi connectivity index (χ1) is 20.0. The van der Waals surface area contributed by atoms with Gasteiger partial charge >= 0.3 is 0 Å². The molecule has 6 unspecified atom stereocenters. The van der Waals surface area contributed by atoms with Crippen LogP contribution in [0.15, 0.2) is 12.4 Å². The molecule has 4 heterocycles. The van der Waals surface area contributed by atoms with Crippen LogP contribution in [0.3, 0.4) is 0 Å². The zero-order valence-electron chi connectivity index (χ0n) is 22.6. The van der Waals surface area contributed by atoms with E-state index in [0.29, 0.717) is 25.6 Å². The highest BCUT2D eigenvalue weighted by molar-refractivity contribution is 7.19. The second kappa shape index (κ2) is 14.0. The minimum atomic E-state index is -1.49. The van der Waals surface area contributed by atoms with Gasteiger partial charge in [-0.15, -0.1) is 11.3 Å². The summed E-state index contributed by atoms with van der Waals surface area (Å²) in [5, 5.41) is 76.0. The van der Waals surface area contributed by atoms with E-state index in [4.69, 9.17) is 19.9 Å². The molecule has 42 heavy (non-hydrogen) atoms. The number of aliphatic hydroxyl groups excluding tert-OH is 7. The van der Waals surface area contributed by atoms with Crippen molar-refractivity contribution in [2.45, 2.75) is 68.1 Å². The zero-order valence-corrected chi connectivity index (χ0v) is 24.2. The van der Waals surface area contributed by atoms with E-state index in [1.54, 1.807) is 6.92 Å². The van der Waals surface area contributed by atoms with Gasteiger partial charge in [0, 0.05) is 26.4 Å². The number of aromatic nitrogens is 2. The fourth-order valence-electron chi connectivity index (χ4n) is 4.47. The fourth-order valence-corrected chi connectivity index (χ4v) is 6.25. The summed E-state index contributed by atoms with van der Waals surface area (Å²) in [6.45, 7) is 1.15. The van der Waals surface area contributed by atoms with Crippen LogP contribution < -0.4 is 16.4 Å². The summed E-state index contributed by atoms with van der Waals surface area (Å²) >= 11 is 2.13. The maximum absolute atomic E-state index is 13.2. The van der Waals surface area contributed by atoms with E-state index in [1.807, 2.05) is 0 Å². The van der Waals surface area contributed by atoms with Crippen molar-refractivity contribution in [1.82, 2.24) is 15.3 Å². The van der Waals surface area contributed by atoms with Crippen molar-refractivity contribution in [2.24, 2.45) is 5.73 Å². The van der Waals surface area contributed by atoms with Crippen molar-refractivity contribution in [1.29, 1.82) is 0 Å². The Kier molecular flexibility index (Phi) is 10.8. The molecule has 2 aromatic heterocycles. The van der Waals surface area contributed by atoms with Crippen LogP contribution in [0.2, 0.25) is 0 Å². The number of nitrogens with two attached hydrogens (primary N) is 1. The molecule has 0 aromatic carbocycles. The number of methoxy groups -OCH3 is 1. The number of carbonyl (C=O) groups excluding carboxylic acids is 1. The summed E-state index contributed by atoms with van der Waals surface area (Å²) < 4.78 is 15.9. The molecule has 2 aliphatic rings. The number of carbonyl (C=O) groups is 1. The molecule has 4 rings (SSSR count). The molecular weight excluding hydrogens is 598 g/mol. The first kappa shape index (κ1) is 32.6. The minimum absolute atomic E-state index is 0.00472. The Hall–Kier alpha value is -2.33. The van der Waals surface area contributed by atoms with Crippen LogP contribution >= 0.6 is 22.7 Å². The monoisotopic (exact) mass is 633 g/mol. The lowest BCUT2D eigenvalue weighted by Crippen LogP contribution is -2.60. The minimum Gasteiger partial charge on any atom is -0.395 e. The molecule has 2 aliphatic heterocycles. The lowest BCUT2D eigenvalue weighted by atomic mass is 9.95. The third-order valence-corrected chi connectivity index (χ3v) is 9.06. The lowest BCUT2D eigenvalue weighted by molar-refractivity contribution is -0.288. The van der Waals surface area contributed by atoms with Crippen LogP contribution in [0.4, 0.5) is 5.13 Å². The van der Waals surface area contributed by atoms with Gasteiger partial charge in [0.15, 0.2) is 11.4 Å². The third-order valence-electron chi connectivity index (χ3n) is 6.90. The summed E-state index contributed by atoms with van der Waals surface area (Å²) in [5.74, 6) is -0.327. The molecule has 2 saturated heterocycles. The lowest BCUT2D eigenvalue weighted by Gasteiger charge is -2.40. The Balaban J connectivity index is 1.35. The molecule has 11 N–H and O–H groups in total. The van der Waals surface area contributed by atoms with Gasteiger partial charge in [0.25, 0.3) is 0 Å². The van der Waals surface area contributed by atoms with E-state index in [1.165, 1.54) is 19.5 Å². The van der Waals surface area contributed by atoms with Gasteiger partial charge in [0.2, 0.25) is 5.78 Å². The van der Waals surface area contributed by atoms with Gasteiger partial charge in [0.1, 0.15) is 59.9 Å². The maximum atomic E-state index is 13.2. The molecule has 0 spiro atoms. The Morgan fingerprint density at radius 3 is 2.31 bits per heavy atom. The summed E-state index contributed by atoms with van der Waals surface area (Å²) in [4.78, 5) is 22.4. The highest BCUT2D eigenvalue weighted by Crippen LogP contribution is 2.29. The number of ketones is 1. The fraction of sp³-hybridized carbons (Fsp3) is 0.625. The van der Waals surface area contributed by atoms with E-state index in [9.17, 15) is 40.5 Å². The number of thiazole rings is 2. The molecule has 2 fully saturated rings. The summed E-state index contributed by atoms with van der Waals surface area (Å²) in [7, 11) is 1.30. The van der Waals surface area contributed by atoms with Crippen molar-refractivity contribution in [3.8, 4) is 0 Å². The molecule has 0 saturated carbocycles. The number of aryl methyl sites for hydroxylation is 1. The standard InChI is InChI=1S/C24H35N5O11S2/c1-8-21(42-22(29-8)9(25)3-26-4-10-14(31)19(36)20(37)23(38-2)40-10)17(34)13-6-28-24(41-13)27-5-11-15(32)18(35)16(33)12(7-30)39-11/h3,6,10-12,14-16,18-20,23,26,30-33,35-37H,4-5,7,25H2,1-2H3,(H,27,28)/b9-3-/t10?,11-,12?,14-,15?,16-,18?,19?,20?,23+/m1/s1. The average molecular weight is 634 g/mol. The predicted octanol–water partition coefficient (Wildman–Crippen LogP) is -3.31. The predicted molar refractivity (Wildman–Crippen MR) is 149 cm³/mol. The Bertz CT molecular complexity index is 1240. The molecule has 16 nitrogen and oxygen atoms in total. The van der Waals surface area contributed by atoms with Crippen molar-refractivity contribution in [2.75, 3.05) is 32.1 Å². The van der Waals surface area contributed by atoms with E-state index < -0.39 is 67.8 Å². The van der Waals surface area contributed by atoms with Gasteiger partial charge in [0.05, 0.1) is 33.9 Å². The van der Waals surface area contributed by atoms with Gasteiger partial charge in [-0.2, -0.15) is 0 Å². The van der Waals surface area contributed by atoms with Crippen molar-refractivity contribution in [3.05, 3.63) is 32.9 Å². The van der Waals surface area contributed by atoms with Gasteiger partial charge in [-0.1, -0.05) is 11.3 Å².